The molecule has 2 aliphatic rings. The molecule has 3 heterocycles. The van der Waals surface area contributed by atoms with Crippen LogP contribution in [-0.4, -0.2) is 18.4 Å². The van der Waals surface area contributed by atoms with Crippen LogP contribution in [0.3, 0.4) is 0 Å². The van der Waals surface area contributed by atoms with E-state index in [1.165, 1.54) is 4.88 Å². The highest BCUT2D eigenvalue weighted by Crippen LogP contribution is 2.43. The van der Waals surface area contributed by atoms with Crippen molar-refractivity contribution in [2.45, 2.75) is 13.5 Å². The molecule has 27 heavy (non-hydrogen) atoms. The Morgan fingerprint density at radius 3 is 2.96 bits per heavy atom. The van der Waals surface area contributed by atoms with Crippen LogP contribution >= 0.6 is 11.3 Å². The lowest BCUT2D eigenvalue weighted by molar-refractivity contribution is -0.138. The van der Waals surface area contributed by atoms with E-state index in [9.17, 15) is 10.1 Å². The molecule has 0 aliphatic carbocycles. The maximum absolute atomic E-state index is 12.2. The topological polar surface area (TPSA) is 74.5 Å². The predicted molar refractivity (Wildman–Crippen MR) is 107 cm³/mol. The zero-order chi connectivity index (χ0) is 18.9. The summed E-state index contributed by atoms with van der Waals surface area (Å²) in [7, 11) is 0. The van der Waals surface area contributed by atoms with Gasteiger partial charge in [0.25, 0.3) is 5.84 Å². The van der Waals surface area contributed by atoms with Crippen LogP contribution in [0.25, 0.3) is 6.08 Å². The Labute approximate surface area is 160 Å². The van der Waals surface area contributed by atoms with Crippen LogP contribution in [0.5, 0.6) is 0 Å². The number of amidine groups is 1. The van der Waals surface area contributed by atoms with Crippen LogP contribution in [0.2, 0.25) is 0 Å². The predicted octanol–water partition coefficient (Wildman–Crippen LogP) is 3.99. The SMILES string of the molecule is CCOC(=O)C1=C[N+]2(C#N)C(=N1)C=Cc1cccc(NCc3cccs3)c12. The Balaban J connectivity index is 1.78. The number of ether oxygens (including phenoxy) is 1. The monoisotopic (exact) mass is 377 g/mol. The molecule has 1 atom stereocenters. The number of para-hydroxylation sites is 1. The van der Waals surface area contributed by atoms with Crippen molar-refractivity contribution in [2.24, 2.45) is 4.99 Å². The van der Waals surface area contributed by atoms with Gasteiger partial charge in [-0.1, -0.05) is 12.1 Å². The van der Waals surface area contributed by atoms with Gasteiger partial charge in [-0.3, -0.25) is 0 Å². The third-order valence-electron chi connectivity index (χ3n) is 4.42. The number of anilines is 1. The van der Waals surface area contributed by atoms with Crippen molar-refractivity contribution in [3.8, 4) is 6.19 Å². The largest absolute Gasteiger partial charge is 0.461 e. The molecular weight excluding hydrogens is 360 g/mol. The molecule has 4 rings (SSSR count). The summed E-state index contributed by atoms with van der Waals surface area (Å²) < 4.78 is 4.79. The molecule has 0 radical (unpaired) electrons. The van der Waals surface area contributed by atoms with E-state index in [-0.39, 0.29) is 16.8 Å². The summed E-state index contributed by atoms with van der Waals surface area (Å²) in [5, 5.41) is 15.5. The molecule has 1 unspecified atom stereocenters. The molecule has 2 aliphatic heterocycles. The maximum Gasteiger partial charge on any atom is 0.362 e. The summed E-state index contributed by atoms with van der Waals surface area (Å²) in [6, 6.07) is 9.90. The zero-order valence-electron chi connectivity index (χ0n) is 14.7. The van der Waals surface area contributed by atoms with Gasteiger partial charge in [-0.15, -0.1) is 21.1 Å². The summed E-state index contributed by atoms with van der Waals surface area (Å²) in [5.74, 6) is -0.0375. The third kappa shape index (κ3) is 2.85. The van der Waals surface area contributed by atoms with Crippen LogP contribution in [-0.2, 0) is 16.1 Å². The lowest BCUT2D eigenvalue weighted by Crippen LogP contribution is -2.44. The van der Waals surface area contributed by atoms with Crippen molar-refractivity contribution in [1.82, 2.24) is 4.48 Å². The van der Waals surface area contributed by atoms with Gasteiger partial charge in [-0.05, 0) is 36.6 Å². The number of aliphatic imine (C=N–C) groups is 1. The van der Waals surface area contributed by atoms with Crippen LogP contribution in [0.15, 0.2) is 58.7 Å². The molecule has 0 fully saturated rings. The minimum atomic E-state index is -0.522. The number of hydrogen-bond acceptors (Lipinski definition) is 6. The second-order valence-electron chi connectivity index (χ2n) is 6.04. The number of carbonyl (C=O) groups excluding carboxylic acids is 1. The summed E-state index contributed by atoms with van der Waals surface area (Å²) >= 11 is 1.67. The number of fused-ring (bicyclic) bond motifs is 3. The van der Waals surface area contributed by atoms with Gasteiger partial charge in [0.2, 0.25) is 5.70 Å². The molecule has 7 heteroatoms. The quantitative estimate of drug-likeness (QED) is 0.486. The highest BCUT2D eigenvalue weighted by molar-refractivity contribution is 7.09. The molecule has 134 valence electrons. The molecule has 0 saturated heterocycles. The standard InChI is InChI=1S/C20H17N4O2S/c1-2-26-20(25)17-12-24(13-21)18(23-17)9-8-14-5-3-7-16(19(14)24)22-11-15-6-4-10-27-15/h3-10,12,22H,2,11H2,1H3/q+1. The number of nitrogens with one attached hydrogen (secondary N) is 1. The Morgan fingerprint density at radius 1 is 1.33 bits per heavy atom. The van der Waals surface area contributed by atoms with E-state index < -0.39 is 5.97 Å². The summed E-state index contributed by atoms with van der Waals surface area (Å²) in [6.45, 7) is 2.65. The fourth-order valence-electron chi connectivity index (χ4n) is 3.24. The molecule has 0 bridgehead atoms. The number of hydrogen-bond donors (Lipinski definition) is 1. The molecule has 1 aromatic carbocycles. The summed E-state index contributed by atoms with van der Waals surface area (Å²) in [6.07, 6.45) is 7.58. The van der Waals surface area contributed by atoms with E-state index in [2.05, 4.69) is 22.6 Å². The molecule has 1 N–H and O–H groups in total. The second-order valence-corrected chi connectivity index (χ2v) is 7.07. The lowest BCUT2D eigenvalue weighted by Gasteiger charge is -2.27. The number of benzene rings is 1. The molecule has 0 saturated carbocycles. The average molecular weight is 377 g/mol. The molecule has 6 nitrogen and oxygen atoms in total. The highest BCUT2D eigenvalue weighted by atomic mass is 32.1. The Morgan fingerprint density at radius 2 is 2.22 bits per heavy atom. The normalized spacial score (nSPS) is 19.4. The summed E-state index contributed by atoms with van der Waals surface area (Å²) in [4.78, 5) is 17.7. The van der Waals surface area contributed by atoms with Crippen molar-refractivity contribution >= 4 is 40.6 Å². The average Bonchev–Trinajstić information content (AvgIpc) is 3.34. The van der Waals surface area contributed by atoms with E-state index in [0.29, 0.717) is 12.4 Å². The smallest absolute Gasteiger partial charge is 0.362 e. The van der Waals surface area contributed by atoms with E-state index in [0.717, 1.165) is 16.9 Å². The van der Waals surface area contributed by atoms with Gasteiger partial charge in [0.1, 0.15) is 0 Å². The molecule has 1 aromatic heterocycles. The van der Waals surface area contributed by atoms with Crippen molar-refractivity contribution in [3.05, 3.63) is 64.1 Å². The number of esters is 1. The van der Waals surface area contributed by atoms with Crippen LogP contribution < -0.4 is 9.80 Å². The lowest BCUT2D eigenvalue weighted by atomic mass is 10.0. The van der Waals surface area contributed by atoms with E-state index >= 15 is 0 Å². The first-order valence-electron chi connectivity index (χ1n) is 8.55. The maximum atomic E-state index is 12.2. The Bertz CT molecular complexity index is 1030. The Kier molecular flexibility index (Phi) is 4.36. The number of nitrogens with zero attached hydrogens (tertiary/aromatic N) is 3. The van der Waals surface area contributed by atoms with Crippen LogP contribution in [0, 0.1) is 11.5 Å². The zero-order valence-corrected chi connectivity index (χ0v) is 15.5. The fraction of sp³-hybridized carbons (Fsp3) is 0.150. The minimum absolute atomic E-state index is 0.152. The fourth-order valence-corrected chi connectivity index (χ4v) is 3.88. The molecule has 0 spiro atoms. The summed E-state index contributed by atoms with van der Waals surface area (Å²) in [5.41, 5.74) is 2.66. The van der Waals surface area contributed by atoms with Gasteiger partial charge in [-0.2, -0.15) is 4.99 Å². The van der Waals surface area contributed by atoms with E-state index in [4.69, 9.17) is 4.74 Å². The number of nitriles is 1. The number of carbonyl (C=O) groups is 1. The Hall–Kier alpha value is -3.21. The van der Waals surface area contributed by atoms with Gasteiger partial charge < -0.3 is 10.1 Å². The first-order valence-corrected chi connectivity index (χ1v) is 9.43. The number of quaternary nitrogens is 1. The molecule has 2 aromatic rings. The second kappa shape index (κ2) is 6.83. The number of thiophene rings is 1. The number of rotatable bonds is 5. The first-order chi connectivity index (χ1) is 13.2. The van der Waals surface area contributed by atoms with Crippen molar-refractivity contribution in [1.29, 1.82) is 5.26 Å². The van der Waals surface area contributed by atoms with Gasteiger partial charge >= 0.3 is 12.2 Å². The van der Waals surface area contributed by atoms with Crippen LogP contribution in [0.1, 0.15) is 17.4 Å². The van der Waals surface area contributed by atoms with Crippen molar-refractivity contribution in [2.75, 3.05) is 11.9 Å². The van der Waals surface area contributed by atoms with Gasteiger partial charge in [0, 0.05) is 23.1 Å². The molecular formula is C20H17N4O2S+. The van der Waals surface area contributed by atoms with E-state index in [1.54, 1.807) is 30.5 Å². The van der Waals surface area contributed by atoms with E-state index in [1.807, 2.05) is 35.7 Å². The molecule has 0 amide bonds. The van der Waals surface area contributed by atoms with Crippen LogP contribution in [0.4, 0.5) is 11.4 Å². The minimum Gasteiger partial charge on any atom is -0.461 e. The highest BCUT2D eigenvalue weighted by Gasteiger charge is 2.47. The third-order valence-corrected chi connectivity index (χ3v) is 5.30. The van der Waals surface area contributed by atoms with Gasteiger partial charge in [0.15, 0.2) is 11.9 Å². The van der Waals surface area contributed by atoms with Crippen molar-refractivity contribution < 1.29 is 9.53 Å². The van der Waals surface area contributed by atoms with Gasteiger partial charge in [0.05, 0.1) is 12.3 Å². The first kappa shape index (κ1) is 17.2. The van der Waals surface area contributed by atoms with Gasteiger partial charge in [-0.25, -0.2) is 4.79 Å². The van der Waals surface area contributed by atoms with Crippen molar-refractivity contribution in [3.63, 3.8) is 0 Å².